The van der Waals surface area contributed by atoms with Crippen molar-refractivity contribution >= 4 is 17.9 Å². The van der Waals surface area contributed by atoms with Gasteiger partial charge in [-0.25, -0.2) is 0 Å². The number of rotatable bonds is 7. The maximum atomic E-state index is 10.9. The molecule has 8 heteroatoms. The monoisotopic (exact) mass is 392 g/mol. The fraction of sp³-hybridized carbons (Fsp3) is 0.238. The molecule has 2 aromatic carbocycles. The lowest BCUT2D eigenvalue weighted by Gasteiger charge is -2.10. The molecular formula is C21H24N6O2. The van der Waals surface area contributed by atoms with Gasteiger partial charge in [0.15, 0.2) is 5.82 Å². The maximum absolute atomic E-state index is 10.9. The minimum Gasteiger partial charge on any atom is -0.480 e. The molecule has 3 rings (SSSR count). The number of carboxylic acid groups (broad SMARTS) is 1. The number of carboxylic acids is 1. The van der Waals surface area contributed by atoms with Gasteiger partial charge < -0.3 is 21.9 Å². The van der Waals surface area contributed by atoms with Gasteiger partial charge in [-0.05, 0) is 42.5 Å². The van der Waals surface area contributed by atoms with Crippen LogP contribution >= 0.6 is 0 Å². The first kappa shape index (κ1) is 20.2. The third-order valence-corrected chi connectivity index (χ3v) is 4.66. The third kappa shape index (κ3) is 5.26. The molecule has 0 saturated heterocycles. The first-order chi connectivity index (χ1) is 13.8. The molecule has 0 aliphatic heterocycles. The van der Waals surface area contributed by atoms with E-state index in [4.69, 9.17) is 16.6 Å². The number of nitrogens with two attached hydrogens (primary N) is 2. The molecule has 29 heavy (non-hydrogen) atoms. The van der Waals surface area contributed by atoms with Gasteiger partial charge in [-0.2, -0.15) is 15.0 Å². The number of hydrogen-bond donors (Lipinski definition) is 4. The van der Waals surface area contributed by atoms with Gasteiger partial charge in [0.2, 0.25) is 11.9 Å². The summed E-state index contributed by atoms with van der Waals surface area (Å²) >= 11 is 0. The Morgan fingerprint density at radius 2 is 1.72 bits per heavy atom. The van der Waals surface area contributed by atoms with Crippen LogP contribution in [0.3, 0.4) is 0 Å². The van der Waals surface area contributed by atoms with Crippen molar-refractivity contribution in [3.05, 3.63) is 64.7 Å². The molecule has 0 aliphatic rings. The van der Waals surface area contributed by atoms with Crippen LogP contribution < -0.4 is 16.8 Å². The Labute approximate surface area is 169 Å². The number of nitrogens with one attached hydrogen (secondary N) is 1. The molecule has 0 fully saturated rings. The Hall–Kier alpha value is -3.52. The third-order valence-electron chi connectivity index (χ3n) is 4.66. The van der Waals surface area contributed by atoms with Crippen molar-refractivity contribution in [2.45, 2.75) is 32.9 Å². The van der Waals surface area contributed by atoms with E-state index in [2.05, 4.69) is 52.3 Å². The topological polar surface area (TPSA) is 140 Å². The van der Waals surface area contributed by atoms with Crippen molar-refractivity contribution < 1.29 is 9.90 Å². The summed E-state index contributed by atoms with van der Waals surface area (Å²) in [5, 5.41) is 12.1. The number of anilines is 2. The average Bonchev–Trinajstić information content (AvgIpc) is 2.69. The van der Waals surface area contributed by atoms with Crippen LogP contribution in [0, 0.1) is 13.8 Å². The number of nitrogen functional groups attached to an aromatic ring is 1. The van der Waals surface area contributed by atoms with E-state index < -0.39 is 12.0 Å². The second-order valence-electron chi connectivity index (χ2n) is 6.96. The largest absolute Gasteiger partial charge is 0.480 e. The molecule has 0 saturated carbocycles. The van der Waals surface area contributed by atoms with E-state index in [1.807, 2.05) is 12.1 Å². The zero-order valence-corrected chi connectivity index (χ0v) is 16.4. The highest BCUT2D eigenvalue weighted by Crippen LogP contribution is 2.19. The van der Waals surface area contributed by atoms with E-state index >= 15 is 0 Å². The molecule has 150 valence electrons. The molecule has 3 aromatic rings. The zero-order valence-electron chi connectivity index (χ0n) is 16.4. The van der Waals surface area contributed by atoms with Crippen LogP contribution in [0.25, 0.3) is 11.4 Å². The predicted octanol–water partition coefficient (Wildman–Crippen LogP) is 2.30. The van der Waals surface area contributed by atoms with E-state index in [0.717, 1.165) is 16.7 Å². The molecule has 1 aromatic heterocycles. The molecule has 8 nitrogen and oxygen atoms in total. The summed E-state index contributed by atoms with van der Waals surface area (Å²) in [6, 6.07) is 12.6. The summed E-state index contributed by atoms with van der Waals surface area (Å²) in [6.07, 6.45) is 0.248. The van der Waals surface area contributed by atoms with Crippen LogP contribution in [0.5, 0.6) is 0 Å². The highest BCUT2D eigenvalue weighted by atomic mass is 16.4. The van der Waals surface area contributed by atoms with Gasteiger partial charge in [0.1, 0.15) is 6.04 Å². The molecular weight excluding hydrogens is 368 g/mol. The minimum atomic E-state index is -1.03. The van der Waals surface area contributed by atoms with Gasteiger partial charge in [-0.1, -0.05) is 42.5 Å². The average molecular weight is 392 g/mol. The summed E-state index contributed by atoms with van der Waals surface area (Å²) in [4.78, 5) is 23.7. The number of nitrogens with zero attached hydrogens (tertiary/aromatic N) is 3. The van der Waals surface area contributed by atoms with Crippen LogP contribution in [0.1, 0.15) is 22.3 Å². The van der Waals surface area contributed by atoms with Crippen LogP contribution in [0.15, 0.2) is 42.5 Å². The fourth-order valence-electron chi connectivity index (χ4n) is 2.83. The first-order valence-corrected chi connectivity index (χ1v) is 9.21. The number of aliphatic carboxylic acids is 1. The van der Waals surface area contributed by atoms with Gasteiger partial charge in [-0.15, -0.1) is 0 Å². The SMILES string of the molecule is Cc1ccc(CNc2nc(N)nc(-c3ccc(C[C@H](N)C(=O)O)cc3)n2)cc1C. The normalized spacial score (nSPS) is 11.8. The van der Waals surface area contributed by atoms with Gasteiger partial charge in [0.05, 0.1) is 0 Å². The van der Waals surface area contributed by atoms with E-state index in [9.17, 15) is 4.79 Å². The van der Waals surface area contributed by atoms with Crippen molar-refractivity contribution in [1.29, 1.82) is 0 Å². The maximum Gasteiger partial charge on any atom is 0.320 e. The Kier molecular flexibility index (Phi) is 6.04. The lowest BCUT2D eigenvalue weighted by molar-refractivity contribution is -0.138. The summed E-state index contributed by atoms with van der Waals surface area (Å²) in [5.74, 6) is -0.0785. The number of aromatic nitrogens is 3. The Balaban J connectivity index is 1.74. The molecule has 0 unspecified atom stereocenters. The number of aryl methyl sites for hydroxylation is 2. The molecule has 0 amide bonds. The van der Waals surface area contributed by atoms with Crippen molar-refractivity contribution in [2.24, 2.45) is 5.73 Å². The lowest BCUT2D eigenvalue weighted by Crippen LogP contribution is -2.32. The quantitative estimate of drug-likeness (QED) is 0.480. The van der Waals surface area contributed by atoms with Crippen LogP contribution in [-0.2, 0) is 17.8 Å². The molecule has 6 N–H and O–H groups in total. The van der Waals surface area contributed by atoms with Crippen molar-refractivity contribution in [3.8, 4) is 11.4 Å². The highest BCUT2D eigenvalue weighted by molar-refractivity contribution is 5.73. The number of hydrogen-bond acceptors (Lipinski definition) is 7. The fourth-order valence-corrected chi connectivity index (χ4v) is 2.83. The second-order valence-corrected chi connectivity index (χ2v) is 6.96. The van der Waals surface area contributed by atoms with E-state index in [0.29, 0.717) is 18.3 Å². The minimum absolute atomic E-state index is 0.120. The summed E-state index contributed by atoms with van der Waals surface area (Å²) in [6.45, 7) is 4.72. The van der Waals surface area contributed by atoms with Gasteiger partial charge in [0, 0.05) is 12.1 Å². The summed E-state index contributed by atoms with van der Waals surface area (Å²) in [5.41, 5.74) is 16.6. The zero-order chi connectivity index (χ0) is 21.0. The van der Waals surface area contributed by atoms with Crippen LogP contribution in [0.2, 0.25) is 0 Å². The number of carbonyl (C=O) groups is 1. The van der Waals surface area contributed by atoms with Crippen molar-refractivity contribution in [1.82, 2.24) is 15.0 Å². The Bertz CT molecular complexity index is 1020. The van der Waals surface area contributed by atoms with Crippen LogP contribution in [-0.4, -0.2) is 32.1 Å². The van der Waals surface area contributed by atoms with E-state index in [-0.39, 0.29) is 12.4 Å². The molecule has 0 radical (unpaired) electrons. The second kappa shape index (κ2) is 8.66. The van der Waals surface area contributed by atoms with Gasteiger partial charge in [-0.3, -0.25) is 4.79 Å². The Morgan fingerprint density at radius 1 is 1.03 bits per heavy atom. The van der Waals surface area contributed by atoms with Crippen molar-refractivity contribution in [2.75, 3.05) is 11.1 Å². The van der Waals surface area contributed by atoms with Gasteiger partial charge >= 0.3 is 5.97 Å². The van der Waals surface area contributed by atoms with Gasteiger partial charge in [0.25, 0.3) is 0 Å². The van der Waals surface area contributed by atoms with E-state index in [1.54, 1.807) is 12.1 Å². The summed E-state index contributed by atoms with van der Waals surface area (Å²) < 4.78 is 0. The smallest absolute Gasteiger partial charge is 0.320 e. The molecule has 0 bridgehead atoms. The first-order valence-electron chi connectivity index (χ1n) is 9.21. The lowest BCUT2D eigenvalue weighted by atomic mass is 10.0. The number of benzene rings is 2. The van der Waals surface area contributed by atoms with Crippen molar-refractivity contribution in [3.63, 3.8) is 0 Å². The van der Waals surface area contributed by atoms with E-state index in [1.165, 1.54) is 11.1 Å². The molecule has 1 heterocycles. The molecule has 0 aliphatic carbocycles. The standard InChI is InChI=1S/C21H24N6O2/c1-12-3-4-15(9-13(12)2)11-24-21-26-18(25-20(23)27-21)16-7-5-14(6-8-16)10-17(22)19(28)29/h3-9,17H,10-11,22H2,1-2H3,(H,28,29)(H3,23,24,25,26,27)/t17-/m0/s1. The Morgan fingerprint density at radius 3 is 2.38 bits per heavy atom. The summed E-state index contributed by atoms with van der Waals surface area (Å²) in [7, 11) is 0. The highest BCUT2D eigenvalue weighted by Gasteiger charge is 2.13. The molecule has 0 spiro atoms. The predicted molar refractivity (Wildman–Crippen MR) is 112 cm³/mol. The van der Waals surface area contributed by atoms with Crippen LogP contribution in [0.4, 0.5) is 11.9 Å². The molecule has 1 atom stereocenters.